The third-order valence-electron chi connectivity index (χ3n) is 2.29. The molecule has 0 aliphatic carbocycles. The van der Waals surface area contributed by atoms with E-state index in [4.69, 9.17) is 33.1 Å². The molecule has 4 nitrogen and oxygen atoms in total. The van der Waals surface area contributed by atoms with Crippen molar-refractivity contribution in [3.05, 3.63) is 52.5 Å². The molecule has 2 rings (SSSR count). The molecule has 2 aromatic carbocycles. The molecular weight excluding hydrogens is 309 g/mol. The molecule has 2 N–H and O–H groups in total. The van der Waals surface area contributed by atoms with E-state index in [9.17, 15) is 8.42 Å². The molecule has 0 atom stereocenters. The third kappa shape index (κ3) is 3.12. The highest BCUT2D eigenvalue weighted by Crippen LogP contribution is 2.31. The SMILES string of the molecule is Nc1c(Cl)cc(S(=O)(=O)Oc2ccccc2)cc1Cl. The molecule has 0 amide bonds. The summed E-state index contributed by atoms with van der Waals surface area (Å²) in [6.07, 6.45) is 0. The van der Waals surface area contributed by atoms with Crippen LogP contribution in [-0.4, -0.2) is 8.42 Å². The Morgan fingerprint density at radius 2 is 1.53 bits per heavy atom. The van der Waals surface area contributed by atoms with E-state index < -0.39 is 10.1 Å². The Morgan fingerprint density at radius 1 is 1.00 bits per heavy atom. The number of halogens is 2. The van der Waals surface area contributed by atoms with Gasteiger partial charge in [0.25, 0.3) is 0 Å². The van der Waals surface area contributed by atoms with Crippen molar-refractivity contribution in [3.8, 4) is 5.75 Å². The molecule has 0 aromatic heterocycles. The maximum absolute atomic E-state index is 12.0. The highest BCUT2D eigenvalue weighted by molar-refractivity contribution is 7.87. The van der Waals surface area contributed by atoms with Crippen LogP contribution in [0.5, 0.6) is 5.75 Å². The summed E-state index contributed by atoms with van der Waals surface area (Å²) >= 11 is 11.6. The molecule has 0 spiro atoms. The molecule has 19 heavy (non-hydrogen) atoms. The zero-order valence-corrected chi connectivity index (χ0v) is 11.8. The maximum Gasteiger partial charge on any atom is 0.339 e. The fourth-order valence-corrected chi connectivity index (χ4v) is 2.96. The third-order valence-corrected chi connectivity index (χ3v) is 4.14. The highest BCUT2D eigenvalue weighted by atomic mass is 35.5. The van der Waals surface area contributed by atoms with Gasteiger partial charge in [-0.25, -0.2) is 0 Å². The number of hydrogen-bond acceptors (Lipinski definition) is 4. The Hall–Kier alpha value is -1.43. The highest BCUT2D eigenvalue weighted by Gasteiger charge is 2.19. The number of anilines is 1. The molecule has 0 aliphatic rings. The van der Waals surface area contributed by atoms with Gasteiger partial charge in [0.1, 0.15) is 10.6 Å². The molecule has 0 unspecified atom stereocenters. The number of rotatable bonds is 3. The summed E-state index contributed by atoms with van der Waals surface area (Å²) in [5.74, 6) is 0.201. The first-order chi connectivity index (χ1) is 8.90. The van der Waals surface area contributed by atoms with Crippen molar-refractivity contribution >= 4 is 39.0 Å². The minimum Gasteiger partial charge on any atom is -0.396 e. The molecule has 0 heterocycles. The van der Waals surface area contributed by atoms with Crippen LogP contribution in [0.3, 0.4) is 0 Å². The topological polar surface area (TPSA) is 69.4 Å². The minimum atomic E-state index is -4.00. The van der Waals surface area contributed by atoms with Crippen molar-refractivity contribution in [1.82, 2.24) is 0 Å². The summed E-state index contributed by atoms with van der Waals surface area (Å²) in [5, 5.41) is 0.116. The fourth-order valence-electron chi connectivity index (χ4n) is 1.36. The van der Waals surface area contributed by atoms with Gasteiger partial charge in [0.15, 0.2) is 0 Å². The molecule has 0 fully saturated rings. The molecule has 7 heteroatoms. The van der Waals surface area contributed by atoms with Crippen LogP contribution >= 0.6 is 23.2 Å². The number of nitrogens with two attached hydrogens (primary N) is 1. The van der Waals surface area contributed by atoms with Crippen LogP contribution in [0, 0.1) is 0 Å². The van der Waals surface area contributed by atoms with Gasteiger partial charge >= 0.3 is 10.1 Å². The second-order valence-corrected chi connectivity index (χ2v) is 6.01. The molecular formula is C12H9Cl2NO3S. The quantitative estimate of drug-likeness (QED) is 0.696. The van der Waals surface area contributed by atoms with Crippen LogP contribution in [0.4, 0.5) is 5.69 Å². The summed E-state index contributed by atoms with van der Waals surface area (Å²) in [7, 11) is -4.00. The van der Waals surface area contributed by atoms with Crippen molar-refractivity contribution in [1.29, 1.82) is 0 Å². The van der Waals surface area contributed by atoms with Gasteiger partial charge in [-0.15, -0.1) is 0 Å². The smallest absolute Gasteiger partial charge is 0.339 e. The molecule has 100 valence electrons. The standard InChI is InChI=1S/C12H9Cl2NO3S/c13-10-6-9(7-11(14)12(10)15)19(16,17)18-8-4-2-1-3-5-8/h1-7H,15H2. The Kier molecular flexibility index (Phi) is 3.89. The zero-order valence-electron chi connectivity index (χ0n) is 9.51. The Labute approximate surface area is 120 Å². The van der Waals surface area contributed by atoms with Crippen LogP contribution in [0.1, 0.15) is 0 Å². The van der Waals surface area contributed by atoms with E-state index in [1.807, 2.05) is 0 Å². The van der Waals surface area contributed by atoms with Crippen molar-refractivity contribution < 1.29 is 12.6 Å². The lowest BCUT2D eigenvalue weighted by atomic mass is 10.3. The average molecular weight is 318 g/mol. The molecule has 0 saturated carbocycles. The lowest BCUT2D eigenvalue weighted by molar-refractivity contribution is 0.486. The predicted molar refractivity (Wildman–Crippen MR) is 75.1 cm³/mol. The summed E-state index contributed by atoms with van der Waals surface area (Å²) < 4.78 is 29.0. The van der Waals surface area contributed by atoms with E-state index in [0.29, 0.717) is 0 Å². The number of hydrogen-bond donors (Lipinski definition) is 1. The van der Waals surface area contributed by atoms with Gasteiger partial charge in [0.2, 0.25) is 0 Å². The Morgan fingerprint density at radius 3 is 2.05 bits per heavy atom. The van der Waals surface area contributed by atoms with E-state index >= 15 is 0 Å². The maximum atomic E-state index is 12.0. The van der Waals surface area contributed by atoms with Gasteiger partial charge in [-0.3, -0.25) is 0 Å². The van der Waals surface area contributed by atoms with Crippen molar-refractivity contribution in [3.63, 3.8) is 0 Å². The molecule has 2 aromatic rings. The van der Waals surface area contributed by atoms with Gasteiger partial charge in [0, 0.05) is 0 Å². The summed E-state index contributed by atoms with van der Waals surface area (Å²) in [5.41, 5.74) is 5.67. The van der Waals surface area contributed by atoms with Gasteiger partial charge in [-0.1, -0.05) is 41.4 Å². The first-order valence-corrected chi connectivity index (χ1v) is 7.30. The lowest BCUT2D eigenvalue weighted by Gasteiger charge is -2.09. The number of nitrogen functional groups attached to an aromatic ring is 1. The Balaban J connectivity index is 2.40. The monoisotopic (exact) mass is 317 g/mol. The molecule has 0 radical (unpaired) electrons. The largest absolute Gasteiger partial charge is 0.396 e. The number of para-hydroxylation sites is 1. The normalized spacial score (nSPS) is 11.3. The molecule has 0 bridgehead atoms. The van der Waals surface area contributed by atoms with E-state index in [2.05, 4.69) is 0 Å². The van der Waals surface area contributed by atoms with E-state index in [1.165, 1.54) is 24.3 Å². The van der Waals surface area contributed by atoms with Crippen LogP contribution in [0.2, 0.25) is 10.0 Å². The minimum absolute atomic E-state index is 0.0581. The van der Waals surface area contributed by atoms with Crippen LogP contribution in [0.25, 0.3) is 0 Å². The first kappa shape index (κ1) is 14.0. The first-order valence-electron chi connectivity index (χ1n) is 5.14. The lowest BCUT2D eigenvalue weighted by Crippen LogP contribution is -2.10. The Bertz CT molecular complexity index is 679. The van der Waals surface area contributed by atoms with Crippen molar-refractivity contribution in [2.75, 3.05) is 5.73 Å². The second kappa shape index (κ2) is 5.28. The van der Waals surface area contributed by atoms with Gasteiger partial charge in [-0.05, 0) is 24.3 Å². The number of benzene rings is 2. The van der Waals surface area contributed by atoms with E-state index in [0.717, 1.165) is 0 Å². The summed E-state index contributed by atoms with van der Waals surface area (Å²) in [6, 6.07) is 10.5. The second-order valence-electron chi connectivity index (χ2n) is 3.65. The van der Waals surface area contributed by atoms with Crippen molar-refractivity contribution in [2.24, 2.45) is 0 Å². The average Bonchev–Trinajstić information content (AvgIpc) is 2.36. The van der Waals surface area contributed by atoms with Gasteiger partial charge in [-0.2, -0.15) is 8.42 Å². The summed E-state index contributed by atoms with van der Waals surface area (Å²) in [6.45, 7) is 0. The summed E-state index contributed by atoms with van der Waals surface area (Å²) in [4.78, 5) is -0.152. The van der Waals surface area contributed by atoms with E-state index in [1.54, 1.807) is 18.2 Å². The van der Waals surface area contributed by atoms with Gasteiger partial charge < -0.3 is 9.92 Å². The van der Waals surface area contributed by atoms with E-state index in [-0.39, 0.29) is 26.4 Å². The molecule has 0 saturated heterocycles. The molecule has 0 aliphatic heterocycles. The van der Waals surface area contributed by atoms with Gasteiger partial charge in [0.05, 0.1) is 15.7 Å². The van der Waals surface area contributed by atoms with Crippen LogP contribution in [0.15, 0.2) is 47.4 Å². The predicted octanol–water partition coefficient (Wildman–Crippen LogP) is 3.34. The fraction of sp³-hybridized carbons (Fsp3) is 0. The van der Waals surface area contributed by atoms with Crippen LogP contribution in [-0.2, 0) is 10.1 Å². The van der Waals surface area contributed by atoms with Crippen LogP contribution < -0.4 is 9.92 Å². The van der Waals surface area contributed by atoms with Crippen molar-refractivity contribution in [2.45, 2.75) is 4.90 Å². The zero-order chi connectivity index (χ0) is 14.0.